The second kappa shape index (κ2) is 19.0. The van der Waals surface area contributed by atoms with Crippen LogP contribution in [0, 0.1) is 59.2 Å². The highest BCUT2D eigenvalue weighted by atomic mass is 16.6. The summed E-state index contributed by atoms with van der Waals surface area (Å²) in [7, 11) is 0. The highest BCUT2D eigenvalue weighted by Gasteiger charge is 2.58. The maximum absolute atomic E-state index is 7.39. The predicted molar refractivity (Wildman–Crippen MR) is 190 cm³/mol. The van der Waals surface area contributed by atoms with E-state index in [1.165, 1.54) is 128 Å². The molecule has 0 aromatic rings. The molecule has 0 radical (unpaired) electrons. The van der Waals surface area contributed by atoms with Crippen LogP contribution in [0.15, 0.2) is 0 Å². The van der Waals surface area contributed by atoms with Crippen LogP contribution in [-0.4, -0.2) is 78.3 Å². The third kappa shape index (κ3) is 9.03. The molecule has 0 N–H and O–H groups in total. The molecule has 0 aromatic heterocycles. The van der Waals surface area contributed by atoms with E-state index in [4.69, 9.17) is 28.4 Å². The summed E-state index contributed by atoms with van der Waals surface area (Å²) < 4.78 is 38.6. The van der Waals surface area contributed by atoms with Gasteiger partial charge < -0.3 is 28.4 Å². The van der Waals surface area contributed by atoms with E-state index in [0.717, 1.165) is 48.7 Å². The first-order valence-electron chi connectivity index (χ1n) is 21.4. The van der Waals surface area contributed by atoms with E-state index >= 15 is 0 Å². The van der Waals surface area contributed by atoms with Gasteiger partial charge in [0.25, 0.3) is 0 Å². The van der Waals surface area contributed by atoms with Crippen molar-refractivity contribution in [3.63, 3.8) is 0 Å². The molecule has 1 heterocycles. The van der Waals surface area contributed by atoms with Crippen molar-refractivity contribution in [2.75, 3.05) is 66.1 Å². The average Bonchev–Trinajstić information content (AvgIpc) is 3.14. The van der Waals surface area contributed by atoms with Crippen LogP contribution >= 0.6 is 0 Å². The number of ether oxygens (including phenoxy) is 6. The van der Waals surface area contributed by atoms with Gasteiger partial charge in [-0.05, 0) is 84.9 Å². The largest absolute Gasteiger partial charge is 0.377 e. The minimum absolute atomic E-state index is 0.357. The topological polar surface area (TPSA) is 55.4 Å². The van der Waals surface area contributed by atoms with Crippen LogP contribution in [0.4, 0.5) is 0 Å². The molecule has 10 unspecified atom stereocenters. The van der Waals surface area contributed by atoms with E-state index < -0.39 is 0 Å². The standard InChI is InChI=1S/C42H72O6/c1-3-11-31(12-4-1)37-29-33-15-7-9-17-35(33)39-40-36-18-10-8-16-34(36)30-38(32-13-5-2-6-14-32)42(40)48-28-26-46-24-22-44-20-19-43-21-23-45-25-27-47-41(37)39/h31-42H,1-30H2. The van der Waals surface area contributed by atoms with Crippen LogP contribution in [0.2, 0.25) is 0 Å². The quantitative estimate of drug-likeness (QED) is 0.292. The summed E-state index contributed by atoms with van der Waals surface area (Å²) in [4.78, 5) is 0. The van der Waals surface area contributed by atoms with E-state index in [1.54, 1.807) is 0 Å². The minimum atomic E-state index is 0.357. The molecule has 0 bridgehead atoms. The molecule has 6 aliphatic carbocycles. The first-order chi connectivity index (χ1) is 23.9. The van der Waals surface area contributed by atoms with Crippen molar-refractivity contribution < 1.29 is 28.4 Å². The maximum Gasteiger partial charge on any atom is 0.0704 e. The Bertz CT molecular complexity index is 831. The van der Waals surface area contributed by atoms with Gasteiger partial charge >= 0.3 is 0 Å². The lowest BCUT2D eigenvalue weighted by Crippen LogP contribution is -2.59. The van der Waals surface area contributed by atoms with Gasteiger partial charge in [0.05, 0.1) is 78.3 Å². The number of fused-ring (bicyclic) bond motifs is 7. The molecule has 7 aliphatic rings. The summed E-state index contributed by atoms with van der Waals surface area (Å²) in [5, 5.41) is 0. The molecule has 48 heavy (non-hydrogen) atoms. The average molecular weight is 673 g/mol. The lowest BCUT2D eigenvalue weighted by Gasteiger charge is -2.60. The molecule has 6 heteroatoms. The Morgan fingerprint density at radius 2 is 0.583 bits per heavy atom. The lowest BCUT2D eigenvalue weighted by molar-refractivity contribution is -0.203. The zero-order valence-electron chi connectivity index (χ0n) is 30.6. The van der Waals surface area contributed by atoms with Gasteiger partial charge in [-0.25, -0.2) is 0 Å². The molecular formula is C42H72O6. The van der Waals surface area contributed by atoms with Crippen LogP contribution in [0.25, 0.3) is 0 Å². The van der Waals surface area contributed by atoms with Crippen LogP contribution < -0.4 is 0 Å². The molecule has 6 nitrogen and oxygen atoms in total. The van der Waals surface area contributed by atoms with Gasteiger partial charge in [-0.15, -0.1) is 0 Å². The Hall–Kier alpha value is -0.240. The zero-order chi connectivity index (χ0) is 32.4. The second-order valence-corrected chi connectivity index (χ2v) is 17.3. The van der Waals surface area contributed by atoms with Gasteiger partial charge in [0.15, 0.2) is 0 Å². The molecule has 0 aromatic carbocycles. The van der Waals surface area contributed by atoms with Crippen LogP contribution in [0.1, 0.15) is 128 Å². The van der Waals surface area contributed by atoms with Crippen LogP contribution in [0.5, 0.6) is 0 Å². The summed E-state index contributed by atoms with van der Waals surface area (Å²) in [5.74, 6) is 7.70. The number of hydrogen-bond acceptors (Lipinski definition) is 6. The number of hydrogen-bond donors (Lipinski definition) is 0. The van der Waals surface area contributed by atoms with Gasteiger partial charge in [-0.1, -0.05) is 103 Å². The summed E-state index contributed by atoms with van der Waals surface area (Å²) >= 11 is 0. The third-order valence-corrected chi connectivity index (χ3v) is 14.8. The van der Waals surface area contributed by atoms with Crippen molar-refractivity contribution in [1.29, 1.82) is 0 Å². The smallest absolute Gasteiger partial charge is 0.0704 e. The Morgan fingerprint density at radius 1 is 0.271 bits per heavy atom. The maximum atomic E-state index is 7.39. The fourth-order valence-corrected chi connectivity index (χ4v) is 12.9. The first kappa shape index (κ1) is 36.1. The normalized spacial score (nSPS) is 42.8. The predicted octanol–water partition coefficient (Wildman–Crippen LogP) is 8.88. The Morgan fingerprint density at radius 3 is 0.979 bits per heavy atom. The van der Waals surface area contributed by atoms with Gasteiger partial charge in [0.1, 0.15) is 0 Å². The minimum Gasteiger partial charge on any atom is -0.377 e. The van der Waals surface area contributed by atoms with Gasteiger partial charge in [-0.3, -0.25) is 0 Å². The molecule has 0 spiro atoms. The molecule has 6 saturated carbocycles. The van der Waals surface area contributed by atoms with Crippen molar-refractivity contribution in [1.82, 2.24) is 0 Å². The highest BCUT2D eigenvalue weighted by molar-refractivity contribution is 5.07. The Balaban J connectivity index is 1.23. The molecule has 1 aliphatic heterocycles. The molecular weight excluding hydrogens is 600 g/mol. The fourth-order valence-electron chi connectivity index (χ4n) is 12.9. The first-order valence-corrected chi connectivity index (χ1v) is 21.4. The van der Waals surface area contributed by atoms with Crippen molar-refractivity contribution in [3.8, 4) is 0 Å². The molecule has 7 fully saturated rings. The van der Waals surface area contributed by atoms with Crippen LogP contribution in [-0.2, 0) is 28.4 Å². The Kier molecular flexibility index (Phi) is 14.3. The van der Waals surface area contributed by atoms with E-state index in [1.807, 2.05) is 0 Å². The summed E-state index contributed by atoms with van der Waals surface area (Å²) in [6, 6.07) is 0. The van der Waals surface area contributed by atoms with E-state index in [-0.39, 0.29) is 0 Å². The SMILES string of the molecule is C1CCC(C2CC3CCCCC3C3C2OCCOCCOCCOCCOCCOC2C(C4CCCCC4)CC4CCCCC4C23)CC1. The van der Waals surface area contributed by atoms with Crippen LogP contribution in [0.3, 0.4) is 0 Å². The molecule has 10 atom stereocenters. The van der Waals surface area contributed by atoms with Gasteiger partial charge in [0.2, 0.25) is 0 Å². The summed E-state index contributed by atoms with van der Waals surface area (Å²) in [6.07, 6.45) is 29.2. The lowest BCUT2D eigenvalue weighted by atomic mass is 9.48. The monoisotopic (exact) mass is 673 g/mol. The molecule has 276 valence electrons. The van der Waals surface area contributed by atoms with E-state index in [9.17, 15) is 0 Å². The van der Waals surface area contributed by atoms with Crippen molar-refractivity contribution in [2.45, 2.75) is 141 Å². The molecule has 7 rings (SSSR count). The molecule has 1 saturated heterocycles. The zero-order valence-corrected chi connectivity index (χ0v) is 30.6. The van der Waals surface area contributed by atoms with E-state index in [2.05, 4.69) is 0 Å². The Labute approximate surface area is 293 Å². The second-order valence-electron chi connectivity index (χ2n) is 17.3. The van der Waals surface area contributed by atoms with Gasteiger partial charge in [0, 0.05) is 0 Å². The van der Waals surface area contributed by atoms with Crippen molar-refractivity contribution in [2.24, 2.45) is 59.2 Å². The third-order valence-electron chi connectivity index (χ3n) is 14.8. The summed E-state index contributed by atoms with van der Waals surface area (Å²) in [6.45, 7) is 6.48. The van der Waals surface area contributed by atoms with Crippen molar-refractivity contribution in [3.05, 3.63) is 0 Å². The van der Waals surface area contributed by atoms with Gasteiger partial charge in [-0.2, -0.15) is 0 Å². The highest BCUT2D eigenvalue weighted by Crippen LogP contribution is 2.60. The van der Waals surface area contributed by atoms with Crippen molar-refractivity contribution >= 4 is 0 Å². The summed E-state index contributed by atoms with van der Waals surface area (Å²) in [5.41, 5.74) is 0. The number of rotatable bonds is 2. The fraction of sp³-hybridized carbons (Fsp3) is 1.00. The molecule has 0 amide bonds. The van der Waals surface area contributed by atoms with E-state index in [0.29, 0.717) is 88.7 Å².